The summed E-state index contributed by atoms with van der Waals surface area (Å²) in [4.78, 5) is 23.6. The molecule has 0 radical (unpaired) electrons. The van der Waals surface area contributed by atoms with E-state index in [9.17, 15) is 9.70 Å². The van der Waals surface area contributed by atoms with Crippen LogP contribution in [-0.2, 0) is 0 Å². The maximum atomic E-state index is 12.0. The van der Waals surface area contributed by atoms with Gasteiger partial charge in [0.05, 0.1) is 6.54 Å². The van der Waals surface area contributed by atoms with E-state index >= 15 is 0 Å². The first-order valence-electron chi connectivity index (χ1n) is 5.34. The van der Waals surface area contributed by atoms with Crippen molar-refractivity contribution in [3.05, 3.63) is 40.3 Å². The Labute approximate surface area is 95.2 Å². The Bertz CT molecular complexity index is 360. The number of hydrogen-bond acceptors (Lipinski definition) is 3. The van der Waals surface area contributed by atoms with Crippen LogP contribution in [0, 0.1) is 11.8 Å². The van der Waals surface area contributed by atoms with E-state index in [4.69, 9.17) is 0 Å². The lowest BCUT2D eigenvalue weighted by Gasteiger charge is -2.19. The molecule has 1 aromatic rings. The lowest BCUT2D eigenvalue weighted by atomic mass is 10.1. The highest BCUT2D eigenvalue weighted by molar-refractivity contribution is 5.94. The molecule has 1 rings (SSSR count). The van der Waals surface area contributed by atoms with Crippen molar-refractivity contribution in [3.8, 4) is 0 Å². The molecule has 0 atom stereocenters. The van der Waals surface area contributed by atoms with Gasteiger partial charge in [-0.2, -0.15) is 4.91 Å². The van der Waals surface area contributed by atoms with Gasteiger partial charge in [-0.05, 0) is 26.0 Å². The van der Waals surface area contributed by atoms with E-state index in [1.54, 1.807) is 17.0 Å². The molecule has 86 valence electrons. The Balaban J connectivity index is 2.74. The van der Waals surface area contributed by atoms with Crippen LogP contribution in [0.25, 0.3) is 0 Å². The zero-order chi connectivity index (χ0) is 12.0. The third-order valence-electron chi connectivity index (χ3n) is 2.43. The molecule has 1 aromatic carbocycles. The Morgan fingerprint density at radius 2 is 1.94 bits per heavy atom. The highest BCUT2D eigenvalue weighted by atomic mass is 16.3. The van der Waals surface area contributed by atoms with E-state index in [2.05, 4.69) is 5.18 Å². The third kappa shape index (κ3) is 3.15. The van der Waals surface area contributed by atoms with Gasteiger partial charge in [0.25, 0.3) is 5.91 Å². The van der Waals surface area contributed by atoms with Gasteiger partial charge in [-0.25, -0.2) is 0 Å². The molecule has 16 heavy (non-hydrogen) atoms. The summed E-state index contributed by atoms with van der Waals surface area (Å²) in [7, 11) is 0. The monoisotopic (exact) mass is 220 g/mol. The molecule has 0 saturated carbocycles. The number of likely N-dealkylation sites (N-methyl/N-ethyl adjacent to an activating group) is 1. The summed E-state index contributed by atoms with van der Waals surface area (Å²) >= 11 is 0. The molecule has 0 bridgehead atoms. The zero-order valence-electron chi connectivity index (χ0n) is 9.64. The molecule has 4 nitrogen and oxygen atoms in total. The highest BCUT2D eigenvalue weighted by Crippen LogP contribution is 2.07. The van der Waals surface area contributed by atoms with E-state index in [1.165, 1.54) is 0 Å². The Hall–Kier alpha value is -1.71. The average molecular weight is 220 g/mol. The smallest absolute Gasteiger partial charge is 0.253 e. The molecule has 1 amide bonds. The first-order valence-corrected chi connectivity index (χ1v) is 5.34. The number of hydrogen-bond donors (Lipinski definition) is 0. The van der Waals surface area contributed by atoms with E-state index in [-0.39, 0.29) is 12.5 Å². The molecule has 0 aromatic heterocycles. The molecule has 0 aliphatic carbocycles. The number of rotatable bonds is 5. The third-order valence-corrected chi connectivity index (χ3v) is 2.43. The van der Waals surface area contributed by atoms with Crippen LogP contribution in [0.15, 0.2) is 29.4 Å². The summed E-state index contributed by atoms with van der Waals surface area (Å²) in [6.07, 6.45) is 0. The number of carbonyl (C=O) groups excluding carboxylic acids is 1. The molecule has 0 unspecified atom stereocenters. The maximum Gasteiger partial charge on any atom is 0.253 e. The minimum absolute atomic E-state index is 0.0499. The second-order valence-electron chi connectivity index (χ2n) is 3.60. The number of nitroso groups, excluding NO2 is 1. The minimum Gasteiger partial charge on any atom is -0.337 e. The van der Waals surface area contributed by atoms with E-state index in [1.807, 2.05) is 26.0 Å². The van der Waals surface area contributed by atoms with Crippen LogP contribution >= 0.6 is 0 Å². The first-order chi connectivity index (χ1) is 7.69. The van der Waals surface area contributed by atoms with Gasteiger partial charge < -0.3 is 4.90 Å². The minimum atomic E-state index is -0.0499. The molecular weight excluding hydrogens is 204 g/mol. The van der Waals surface area contributed by atoms with Crippen molar-refractivity contribution >= 4 is 5.91 Å². The Morgan fingerprint density at radius 3 is 2.44 bits per heavy atom. The number of aryl methyl sites for hydroxylation is 1. The summed E-state index contributed by atoms with van der Waals surface area (Å²) in [5.74, 6) is -0.0499. The van der Waals surface area contributed by atoms with Crippen LogP contribution in [0.4, 0.5) is 0 Å². The summed E-state index contributed by atoms with van der Waals surface area (Å²) in [5.41, 5.74) is 1.77. The van der Waals surface area contributed by atoms with Crippen molar-refractivity contribution < 1.29 is 4.79 Å². The van der Waals surface area contributed by atoms with Crippen molar-refractivity contribution in [1.29, 1.82) is 0 Å². The van der Waals surface area contributed by atoms with Crippen LogP contribution in [0.2, 0.25) is 0 Å². The Morgan fingerprint density at radius 1 is 1.31 bits per heavy atom. The van der Waals surface area contributed by atoms with Crippen LogP contribution in [-0.4, -0.2) is 30.4 Å². The van der Waals surface area contributed by atoms with Gasteiger partial charge in [0.2, 0.25) is 0 Å². The van der Waals surface area contributed by atoms with Gasteiger partial charge in [-0.1, -0.05) is 22.9 Å². The molecule has 0 saturated heterocycles. The molecule has 4 heteroatoms. The molecule has 0 N–H and O–H groups in total. The zero-order valence-corrected chi connectivity index (χ0v) is 9.64. The van der Waals surface area contributed by atoms with Crippen LogP contribution in [0.1, 0.15) is 22.8 Å². The molecule has 0 aliphatic heterocycles. The predicted molar refractivity (Wildman–Crippen MR) is 63.4 cm³/mol. The number of carbonyl (C=O) groups is 1. The van der Waals surface area contributed by atoms with E-state index < -0.39 is 0 Å². The van der Waals surface area contributed by atoms with Crippen molar-refractivity contribution in [2.24, 2.45) is 5.18 Å². The standard InChI is InChI=1S/C12H16N2O2/c1-3-14(9-8-13-16)12(15)11-6-4-10(2)5-7-11/h4-7H,3,8-9H2,1-2H3. The lowest BCUT2D eigenvalue weighted by Crippen LogP contribution is -2.32. The largest absolute Gasteiger partial charge is 0.337 e. The Kier molecular flexibility index (Phi) is 4.64. The molecule has 0 fully saturated rings. The van der Waals surface area contributed by atoms with Crippen molar-refractivity contribution in [3.63, 3.8) is 0 Å². The molecule has 0 spiro atoms. The second kappa shape index (κ2) is 6.00. The van der Waals surface area contributed by atoms with E-state index in [0.717, 1.165) is 5.56 Å². The van der Waals surface area contributed by atoms with Gasteiger partial charge in [0.15, 0.2) is 0 Å². The SMILES string of the molecule is CCN(CCN=O)C(=O)c1ccc(C)cc1. The highest BCUT2D eigenvalue weighted by Gasteiger charge is 2.13. The van der Waals surface area contributed by atoms with Gasteiger partial charge in [0, 0.05) is 18.7 Å². The fourth-order valence-corrected chi connectivity index (χ4v) is 1.44. The summed E-state index contributed by atoms with van der Waals surface area (Å²) < 4.78 is 0. The number of nitrogens with zero attached hydrogens (tertiary/aromatic N) is 2. The average Bonchev–Trinajstić information content (AvgIpc) is 2.30. The summed E-state index contributed by atoms with van der Waals surface area (Å²) in [5, 5.41) is 2.77. The lowest BCUT2D eigenvalue weighted by molar-refractivity contribution is 0.0769. The van der Waals surface area contributed by atoms with Gasteiger partial charge >= 0.3 is 0 Å². The van der Waals surface area contributed by atoms with Crippen molar-refractivity contribution in [2.75, 3.05) is 19.6 Å². The van der Waals surface area contributed by atoms with Gasteiger partial charge in [-0.15, -0.1) is 0 Å². The number of benzene rings is 1. The van der Waals surface area contributed by atoms with Crippen LogP contribution in [0.5, 0.6) is 0 Å². The normalized spacial score (nSPS) is 9.88. The second-order valence-corrected chi connectivity index (χ2v) is 3.60. The van der Waals surface area contributed by atoms with Crippen LogP contribution in [0.3, 0.4) is 0 Å². The van der Waals surface area contributed by atoms with Crippen molar-refractivity contribution in [1.82, 2.24) is 4.90 Å². The summed E-state index contributed by atoms with van der Waals surface area (Å²) in [6, 6.07) is 7.40. The quantitative estimate of drug-likeness (QED) is 0.714. The van der Waals surface area contributed by atoms with Crippen molar-refractivity contribution in [2.45, 2.75) is 13.8 Å². The van der Waals surface area contributed by atoms with Crippen LogP contribution < -0.4 is 0 Å². The van der Waals surface area contributed by atoms with Gasteiger partial charge in [0.1, 0.15) is 0 Å². The molecule has 0 heterocycles. The fraction of sp³-hybridized carbons (Fsp3) is 0.417. The topological polar surface area (TPSA) is 49.7 Å². The van der Waals surface area contributed by atoms with E-state index in [0.29, 0.717) is 18.7 Å². The fourth-order valence-electron chi connectivity index (χ4n) is 1.44. The first kappa shape index (κ1) is 12.4. The molecule has 0 aliphatic rings. The van der Waals surface area contributed by atoms with Gasteiger partial charge in [-0.3, -0.25) is 4.79 Å². The predicted octanol–water partition coefficient (Wildman–Crippen LogP) is 2.22. The number of amides is 1. The molecular formula is C12H16N2O2. The summed E-state index contributed by atoms with van der Waals surface area (Å²) in [6.45, 7) is 4.97. The maximum absolute atomic E-state index is 12.0.